The Bertz CT molecular complexity index is 486. The molecule has 2 aliphatic carbocycles. The molecule has 2 nitrogen and oxygen atoms in total. The van der Waals surface area contributed by atoms with Gasteiger partial charge in [-0.25, -0.2) is 0 Å². The fourth-order valence-electron chi connectivity index (χ4n) is 4.37. The van der Waals surface area contributed by atoms with E-state index in [4.69, 9.17) is 4.74 Å². The van der Waals surface area contributed by atoms with E-state index < -0.39 is 5.60 Å². The van der Waals surface area contributed by atoms with E-state index in [2.05, 4.69) is 46.1 Å². The van der Waals surface area contributed by atoms with Crippen molar-refractivity contribution in [2.45, 2.75) is 52.6 Å². The summed E-state index contributed by atoms with van der Waals surface area (Å²) in [6.07, 6.45) is 8.68. The lowest BCUT2D eigenvalue weighted by Crippen LogP contribution is -2.33. The average molecular weight is 274 g/mol. The minimum atomic E-state index is -0.416. The quantitative estimate of drug-likeness (QED) is 0.560. The first-order chi connectivity index (χ1) is 9.21. The Morgan fingerprint density at radius 2 is 2.15 bits per heavy atom. The molecule has 0 aromatic rings. The van der Waals surface area contributed by atoms with Crippen LogP contribution in [-0.4, -0.2) is 11.6 Å². The van der Waals surface area contributed by atoms with Gasteiger partial charge in [-0.2, -0.15) is 0 Å². The molecule has 0 saturated heterocycles. The van der Waals surface area contributed by atoms with Crippen LogP contribution in [0.4, 0.5) is 0 Å². The van der Waals surface area contributed by atoms with E-state index in [1.54, 1.807) is 0 Å². The molecule has 1 saturated carbocycles. The molecule has 110 valence electrons. The van der Waals surface area contributed by atoms with Crippen LogP contribution in [0.3, 0.4) is 0 Å². The van der Waals surface area contributed by atoms with Crippen LogP contribution in [0.15, 0.2) is 37.0 Å². The normalized spacial score (nSPS) is 38.0. The van der Waals surface area contributed by atoms with Gasteiger partial charge in [-0.1, -0.05) is 37.6 Å². The Morgan fingerprint density at radius 1 is 1.50 bits per heavy atom. The summed E-state index contributed by atoms with van der Waals surface area (Å²) in [5.41, 5.74) is 1.07. The summed E-state index contributed by atoms with van der Waals surface area (Å²) in [6, 6.07) is 0. The topological polar surface area (TPSA) is 26.3 Å². The molecular formula is C18H26O2. The number of hydrogen-bond donors (Lipinski definition) is 0. The zero-order valence-corrected chi connectivity index (χ0v) is 13.2. The first-order valence-electron chi connectivity index (χ1n) is 7.35. The van der Waals surface area contributed by atoms with Crippen LogP contribution in [0.1, 0.15) is 47.0 Å². The molecule has 2 aliphatic rings. The number of allylic oxidation sites excluding steroid dienone is 3. The summed E-state index contributed by atoms with van der Waals surface area (Å²) in [5, 5.41) is 0. The van der Waals surface area contributed by atoms with Gasteiger partial charge >= 0.3 is 5.97 Å². The van der Waals surface area contributed by atoms with Crippen LogP contribution in [0, 0.1) is 16.7 Å². The summed E-state index contributed by atoms with van der Waals surface area (Å²) in [6.45, 7) is 16.2. The van der Waals surface area contributed by atoms with E-state index in [0.29, 0.717) is 12.3 Å². The highest BCUT2D eigenvalue weighted by Crippen LogP contribution is 2.65. The maximum absolute atomic E-state index is 11.5. The number of rotatable bonds is 4. The summed E-state index contributed by atoms with van der Waals surface area (Å²) in [7, 11) is 0. The first kappa shape index (κ1) is 15.1. The van der Waals surface area contributed by atoms with Gasteiger partial charge < -0.3 is 4.74 Å². The predicted octanol–water partition coefficient (Wildman–Crippen LogP) is 4.43. The summed E-state index contributed by atoms with van der Waals surface area (Å²) >= 11 is 0. The number of fused-ring (bicyclic) bond motifs is 1. The second kappa shape index (κ2) is 4.61. The smallest absolute Gasteiger partial charge is 0.303 e. The number of carbonyl (C=O) groups excluding carboxylic acids is 1. The standard InChI is InChI=1S/C18H26O2/c1-7-9-18(20-14(4)19)11-15-16(5,6)13(3)10-17(15,8-2)12-18/h7-8,10,15H,1-2,9,11-12H2,3-6H3/t15-,17-,18-/m0/s1. The lowest BCUT2D eigenvalue weighted by atomic mass is 9.70. The average Bonchev–Trinajstić information content (AvgIpc) is 2.72. The Labute approximate surface area is 122 Å². The van der Waals surface area contributed by atoms with Gasteiger partial charge in [-0.15, -0.1) is 13.2 Å². The van der Waals surface area contributed by atoms with E-state index in [0.717, 1.165) is 12.8 Å². The molecule has 1 fully saturated rings. The molecule has 0 radical (unpaired) electrons. The molecule has 0 aromatic carbocycles. The van der Waals surface area contributed by atoms with Crippen LogP contribution < -0.4 is 0 Å². The van der Waals surface area contributed by atoms with Crippen molar-refractivity contribution < 1.29 is 9.53 Å². The Hall–Kier alpha value is -1.31. The van der Waals surface area contributed by atoms with Gasteiger partial charge in [-0.05, 0) is 24.7 Å². The first-order valence-corrected chi connectivity index (χ1v) is 7.35. The molecule has 0 bridgehead atoms. The van der Waals surface area contributed by atoms with Crippen LogP contribution in [0.5, 0.6) is 0 Å². The molecule has 0 spiro atoms. The molecule has 0 aliphatic heterocycles. The van der Waals surface area contributed by atoms with Crippen molar-refractivity contribution in [3.63, 3.8) is 0 Å². The van der Waals surface area contributed by atoms with Gasteiger partial charge in [0.2, 0.25) is 0 Å². The van der Waals surface area contributed by atoms with E-state index >= 15 is 0 Å². The van der Waals surface area contributed by atoms with Crippen LogP contribution in [-0.2, 0) is 9.53 Å². The lowest BCUT2D eigenvalue weighted by Gasteiger charge is -2.34. The molecule has 3 atom stereocenters. The largest absolute Gasteiger partial charge is 0.459 e. The SMILES string of the molecule is C=CC[C@]1(OC(C)=O)C[C@H]2C(C)(C)C(C)=C[C@@]2(C=C)C1. The highest BCUT2D eigenvalue weighted by Gasteiger charge is 2.61. The Morgan fingerprint density at radius 3 is 2.60 bits per heavy atom. The van der Waals surface area contributed by atoms with Crippen LogP contribution >= 0.6 is 0 Å². The van der Waals surface area contributed by atoms with Crippen molar-refractivity contribution in [1.29, 1.82) is 0 Å². The molecule has 2 rings (SSSR count). The molecule has 0 amide bonds. The van der Waals surface area contributed by atoms with Crippen molar-refractivity contribution in [3.05, 3.63) is 37.0 Å². The van der Waals surface area contributed by atoms with Crippen LogP contribution in [0.2, 0.25) is 0 Å². The third-order valence-electron chi connectivity index (χ3n) is 5.48. The van der Waals surface area contributed by atoms with Crippen LogP contribution in [0.25, 0.3) is 0 Å². The molecule has 2 heteroatoms. The number of hydrogen-bond acceptors (Lipinski definition) is 2. The number of carbonyl (C=O) groups is 1. The lowest BCUT2D eigenvalue weighted by molar-refractivity contribution is -0.157. The van der Waals surface area contributed by atoms with Crippen molar-refractivity contribution in [3.8, 4) is 0 Å². The zero-order valence-electron chi connectivity index (χ0n) is 13.2. The second-order valence-electron chi connectivity index (χ2n) is 7.07. The summed E-state index contributed by atoms with van der Waals surface area (Å²) in [5.74, 6) is 0.233. The molecule has 0 heterocycles. The van der Waals surface area contributed by atoms with Gasteiger partial charge in [-0.3, -0.25) is 4.79 Å². The monoisotopic (exact) mass is 274 g/mol. The van der Waals surface area contributed by atoms with Gasteiger partial charge in [0.1, 0.15) is 5.60 Å². The Kier molecular flexibility index (Phi) is 3.48. The van der Waals surface area contributed by atoms with E-state index in [9.17, 15) is 4.79 Å². The van der Waals surface area contributed by atoms with Crippen molar-refractivity contribution in [2.24, 2.45) is 16.7 Å². The van der Waals surface area contributed by atoms with Gasteiger partial charge in [0.05, 0.1) is 0 Å². The minimum Gasteiger partial charge on any atom is -0.459 e. The minimum absolute atomic E-state index is 0.0496. The highest BCUT2D eigenvalue weighted by atomic mass is 16.6. The van der Waals surface area contributed by atoms with Crippen molar-refractivity contribution in [2.75, 3.05) is 0 Å². The molecule has 0 aromatic heterocycles. The fourth-order valence-corrected chi connectivity index (χ4v) is 4.37. The second-order valence-corrected chi connectivity index (χ2v) is 7.07. The maximum Gasteiger partial charge on any atom is 0.303 e. The molecule has 0 unspecified atom stereocenters. The van der Waals surface area contributed by atoms with Gasteiger partial charge in [0.25, 0.3) is 0 Å². The molecule has 20 heavy (non-hydrogen) atoms. The van der Waals surface area contributed by atoms with E-state index in [-0.39, 0.29) is 16.8 Å². The van der Waals surface area contributed by atoms with Gasteiger partial charge in [0, 0.05) is 25.2 Å². The van der Waals surface area contributed by atoms with Gasteiger partial charge in [0.15, 0.2) is 0 Å². The number of ether oxygens (including phenoxy) is 1. The van der Waals surface area contributed by atoms with Crippen molar-refractivity contribution >= 4 is 5.97 Å². The number of esters is 1. The van der Waals surface area contributed by atoms with E-state index in [1.807, 2.05) is 6.08 Å². The third kappa shape index (κ3) is 2.06. The van der Waals surface area contributed by atoms with Crippen molar-refractivity contribution in [1.82, 2.24) is 0 Å². The third-order valence-corrected chi connectivity index (χ3v) is 5.48. The summed E-state index contributed by atoms with van der Waals surface area (Å²) < 4.78 is 5.74. The fraction of sp³-hybridized carbons (Fsp3) is 0.611. The Balaban J connectivity index is 2.43. The maximum atomic E-state index is 11.5. The molecule has 0 N–H and O–H groups in total. The highest BCUT2D eigenvalue weighted by molar-refractivity contribution is 5.66. The zero-order chi connectivity index (χ0) is 15.2. The molecular weight excluding hydrogens is 248 g/mol. The van der Waals surface area contributed by atoms with E-state index in [1.165, 1.54) is 12.5 Å². The summed E-state index contributed by atoms with van der Waals surface area (Å²) in [4.78, 5) is 11.5. The predicted molar refractivity (Wildman–Crippen MR) is 82.2 cm³/mol.